The van der Waals surface area contributed by atoms with E-state index in [0.29, 0.717) is 15.8 Å². The van der Waals surface area contributed by atoms with Crippen molar-refractivity contribution in [3.63, 3.8) is 0 Å². The molecule has 0 fully saturated rings. The zero-order chi connectivity index (χ0) is 19.0. The number of methoxy groups -OCH3 is 3. The topological polar surface area (TPSA) is 111 Å². The van der Waals surface area contributed by atoms with Crippen LogP contribution < -0.4 is 24.7 Å². The molecule has 0 unspecified atom stereocenters. The quantitative estimate of drug-likeness (QED) is 0.396. The standard InChI is InChI=1S/C15H15Cl2N5O4/c1-24-10-9(16)8(22(23)14(26-3)11(10)25-2)6-21-5-4-7-12(17)19-15(18)20-13(7)21/h4-5H,6H2,1-3H3,(H2,18,19,20). The number of halogens is 2. The minimum absolute atomic E-state index is 0.0217. The average molecular weight is 400 g/mol. The maximum atomic E-state index is 12.7. The molecular weight excluding hydrogens is 385 g/mol. The van der Waals surface area contributed by atoms with Gasteiger partial charge in [-0.05, 0) is 6.07 Å². The molecule has 3 aromatic heterocycles. The Hall–Kier alpha value is -2.65. The van der Waals surface area contributed by atoms with E-state index in [4.69, 9.17) is 43.1 Å². The molecule has 0 saturated carbocycles. The summed E-state index contributed by atoms with van der Waals surface area (Å²) < 4.78 is 17.9. The summed E-state index contributed by atoms with van der Waals surface area (Å²) in [6.45, 7) is 0.0648. The van der Waals surface area contributed by atoms with Gasteiger partial charge >= 0.3 is 5.88 Å². The molecule has 0 aromatic carbocycles. The Bertz CT molecular complexity index is 961. The lowest BCUT2D eigenvalue weighted by Gasteiger charge is -2.16. The van der Waals surface area contributed by atoms with Crippen LogP contribution in [0.15, 0.2) is 12.3 Å². The third-order valence-electron chi connectivity index (χ3n) is 3.79. The molecule has 0 spiro atoms. The zero-order valence-corrected chi connectivity index (χ0v) is 15.6. The van der Waals surface area contributed by atoms with Gasteiger partial charge in [-0.1, -0.05) is 23.2 Å². The molecule has 3 rings (SSSR count). The van der Waals surface area contributed by atoms with Crippen LogP contribution in [0.5, 0.6) is 17.4 Å². The highest BCUT2D eigenvalue weighted by Gasteiger charge is 2.31. The minimum atomic E-state index is -0.0765. The highest BCUT2D eigenvalue weighted by atomic mass is 35.5. The number of nitrogens with zero attached hydrogens (tertiary/aromatic N) is 4. The molecule has 0 aliphatic carbocycles. The van der Waals surface area contributed by atoms with Crippen LogP contribution in [-0.2, 0) is 6.54 Å². The van der Waals surface area contributed by atoms with Gasteiger partial charge in [0.25, 0.3) is 5.75 Å². The van der Waals surface area contributed by atoms with E-state index in [1.165, 1.54) is 21.3 Å². The summed E-state index contributed by atoms with van der Waals surface area (Å²) in [4.78, 5) is 8.08. The van der Waals surface area contributed by atoms with E-state index in [1.807, 2.05) is 0 Å². The van der Waals surface area contributed by atoms with Crippen LogP contribution in [0.2, 0.25) is 10.2 Å². The number of rotatable bonds is 5. The van der Waals surface area contributed by atoms with Crippen LogP contribution in [0.3, 0.4) is 0 Å². The van der Waals surface area contributed by atoms with Gasteiger partial charge in [-0.25, -0.2) is 4.98 Å². The van der Waals surface area contributed by atoms with Crippen molar-refractivity contribution in [1.82, 2.24) is 14.5 Å². The Morgan fingerprint density at radius 1 is 1.15 bits per heavy atom. The van der Waals surface area contributed by atoms with Crippen molar-refractivity contribution in [1.29, 1.82) is 0 Å². The number of hydrogen-bond donors (Lipinski definition) is 1. The summed E-state index contributed by atoms with van der Waals surface area (Å²) in [5.74, 6) is 0.239. The average Bonchev–Trinajstić information content (AvgIpc) is 3.01. The third kappa shape index (κ3) is 2.78. The fourth-order valence-electron chi connectivity index (χ4n) is 2.64. The number of anilines is 1. The fourth-order valence-corrected chi connectivity index (χ4v) is 3.17. The van der Waals surface area contributed by atoms with Crippen molar-refractivity contribution in [2.24, 2.45) is 0 Å². The first-order valence-electron chi connectivity index (χ1n) is 7.30. The van der Waals surface area contributed by atoms with Crippen LogP contribution >= 0.6 is 23.2 Å². The fraction of sp³-hybridized carbons (Fsp3) is 0.267. The first-order valence-corrected chi connectivity index (χ1v) is 8.06. The van der Waals surface area contributed by atoms with Crippen molar-refractivity contribution in [3.05, 3.63) is 33.3 Å². The molecule has 11 heteroatoms. The largest absolute Gasteiger partial charge is 0.616 e. The van der Waals surface area contributed by atoms with E-state index in [1.54, 1.807) is 16.8 Å². The molecule has 138 valence electrons. The first-order chi connectivity index (χ1) is 12.4. The normalized spacial score (nSPS) is 11.0. The van der Waals surface area contributed by atoms with Crippen molar-refractivity contribution in [2.75, 3.05) is 27.1 Å². The van der Waals surface area contributed by atoms with Gasteiger partial charge < -0.3 is 29.7 Å². The van der Waals surface area contributed by atoms with Gasteiger partial charge in [-0.3, -0.25) is 0 Å². The highest BCUT2D eigenvalue weighted by molar-refractivity contribution is 6.34. The Labute approximate surface area is 158 Å². The lowest BCUT2D eigenvalue weighted by molar-refractivity contribution is -0.621. The van der Waals surface area contributed by atoms with Gasteiger partial charge in [0.1, 0.15) is 17.3 Å². The Morgan fingerprint density at radius 2 is 1.85 bits per heavy atom. The van der Waals surface area contributed by atoms with Crippen LogP contribution in [0, 0.1) is 5.21 Å². The summed E-state index contributed by atoms with van der Waals surface area (Å²) in [6, 6.07) is 1.72. The number of ether oxygens (including phenoxy) is 3. The van der Waals surface area contributed by atoms with E-state index in [-0.39, 0.29) is 45.7 Å². The first kappa shape index (κ1) is 18.2. The Kier molecular flexibility index (Phi) is 4.84. The zero-order valence-electron chi connectivity index (χ0n) is 14.1. The predicted octanol–water partition coefficient (Wildman–Crippen LogP) is 2.03. The maximum absolute atomic E-state index is 12.7. The molecule has 0 saturated heterocycles. The summed E-state index contributed by atoms with van der Waals surface area (Å²) in [7, 11) is 4.15. The van der Waals surface area contributed by atoms with E-state index in [9.17, 15) is 5.21 Å². The maximum Gasteiger partial charge on any atom is 0.427 e. The summed E-state index contributed by atoms with van der Waals surface area (Å²) >= 11 is 12.5. The van der Waals surface area contributed by atoms with Gasteiger partial charge in [0.05, 0.1) is 26.7 Å². The van der Waals surface area contributed by atoms with Crippen LogP contribution in [-0.4, -0.2) is 35.9 Å². The monoisotopic (exact) mass is 399 g/mol. The second-order valence-electron chi connectivity index (χ2n) is 5.18. The molecule has 0 atom stereocenters. The summed E-state index contributed by atoms with van der Waals surface area (Å²) in [6.07, 6.45) is 1.70. The molecule has 3 heterocycles. The summed E-state index contributed by atoms with van der Waals surface area (Å²) in [5, 5.41) is 13.7. The Morgan fingerprint density at radius 3 is 2.46 bits per heavy atom. The molecule has 3 aromatic rings. The number of nitrogen functional groups attached to an aromatic ring is 1. The highest BCUT2D eigenvalue weighted by Crippen LogP contribution is 2.41. The number of pyridine rings is 1. The SMILES string of the molecule is COc1c(Cl)c(Cn2ccc3c(Cl)nc(N)nc32)[n+]([O-])c(OC)c1OC. The van der Waals surface area contributed by atoms with E-state index < -0.39 is 0 Å². The molecule has 9 nitrogen and oxygen atoms in total. The predicted molar refractivity (Wildman–Crippen MR) is 96.1 cm³/mol. The lowest BCUT2D eigenvalue weighted by atomic mass is 10.3. The van der Waals surface area contributed by atoms with Crippen LogP contribution in [0.1, 0.15) is 5.69 Å². The van der Waals surface area contributed by atoms with Gasteiger partial charge in [-0.15, -0.1) is 4.73 Å². The number of fused-ring (bicyclic) bond motifs is 1. The van der Waals surface area contributed by atoms with Crippen molar-refractivity contribution >= 4 is 40.2 Å². The second-order valence-corrected chi connectivity index (χ2v) is 5.92. The third-order valence-corrected chi connectivity index (χ3v) is 4.47. The molecule has 2 N–H and O–H groups in total. The van der Waals surface area contributed by atoms with Gasteiger partial charge in [0.15, 0.2) is 10.8 Å². The molecule has 0 aliphatic rings. The van der Waals surface area contributed by atoms with Gasteiger partial charge in [0.2, 0.25) is 11.6 Å². The smallest absolute Gasteiger partial charge is 0.427 e. The number of nitrogens with two attached hydrogens (primary N) is 1. The minimum Gasteiger partial charge on any atom is -0.616 e. The van der Waals surface area contributed by atoms with Crippen LogP contribution in [0.4, 0.5) is 5.95 Å². The van der Waals surface area contributed by atoms with E-state index in [2.05, 4.69) is 9.97 Å². The van der Waals surface area contributed by atoms with Gasteiger partial charge in [0, 0.05) is 6.20 Å². The van der Waals surface area contributed by atoms with Crippen molar-refractivity contribution in [3.8, 4) is 17.4 Å². The van der Waals surface area contributed by atoms with E-state index >= 15 is 0 Å². The molecule has 0 bridgehead atoms. The Balaban J connectivity index is 2.20. The van der Waals surface area contributed by atoms with E-state index in [0.717, 1.165) is 0 Å². The lowest BCUT2D eigenvalue weighted by Crippen LogP contribution is -2.36. The van der Waals surface area contributed by atoms with Crippen molar-refractivity contribution < 1.29 is 18.9 Å². The summed E-state index contributed by atoms with van der Waals surface area (Å²) in [5.41, 5.74) is 6.30. The number of hydrogen-bond acceptors (Lipinski definition) is 7. The molecule has 0 amide bonds. The molecule has 26 heavy (non-hydrogen) atoms. The number of aromatic nitrogens is 4. The second kappa shape index (κ2) is 6.93. The van der Waals surface area contributed by atoms with Gasteiger partial charge in [-0.2, -0.15) is 4.98 Å². The molecule has 0 aliphatic heterocycles. The molecular formula is C15H15Cl2N5O4. The van der Waals surface area contributed by atoms with Crippen molar-refractivity contribution in [2.45, 2.75) is 6.54 Å². The van der Waals surface area contributed by atoms with Crippen LogP contribution in [0.25, 0.3) is 11.0 Å². The molecule has 0 radical (unpaired) electrons.